The third-order valence-corrected chi connectivity index (χ3v) is 3.81. The van der Waals surface area contributed by atoms with Crippen LogP contribution >= 0.6 is 15.9 Å². The first kappa shape index (κ1) is 13.2. The van der Waals surface area contributed by atoms with E-state index in [0.717, 1.165) is 5.69 Å². The fraction of sp³-hybridized carbons (Fsp3) is 0.500. The van der Waals surface area contributed by atoms with Crippen LogP contribution in [0.1, 0.15) is 29.9 Å². The topological polar surface area (TPSA) is 42.0 Å². The molecule has 88 valence electrons. The average Bonchev–Trinajstić information content (AvgIpc) is 2.25. The normalized spacial score (nSPS) is 12.6. The van der Waals surface area contributed by atoms with Gasteiger partial charge in [0.1, 0.15) is 0 Å². The Morgan fingerprint density at radius 1 is 1.56 bits per heavy atom. The molecule has 0 fully saturated rings. The molecule has 0 aromatic carbocycles. The maximum atomic E-state index is 11.8. The Morgan fingerprint density at radius 2 is 2.25 bits per heavy atom. The Balaban J connectivity index is 2.57. The van der Waals surface area contributed by atoms with Crippen LogP contribution in [0, 0.1) is 12.8 Å². The predicted molar refractivity (Wildman–Crippen MR) is 68.9 cm³/mol. The molecule has 0 aliphatic heterocycles. The molecule has 0 saturated carbocycles. The summed E-state index contributed by atoms with van der Waals surface area (Å²) in [6.07, 6.45) is 1.69. The van der Waals surface area contributed by atoms with E-state index >= 15 is 0 Å². The summed E-state index contributed by atoms with van der Waals surface area (Å²) in [4.78, 5) is 16.2. The van der Waals surface area contributed by atoms with Gasteiger partial charge in [0, 0.05) is 23.3 Å². The van der Waals surface area contributed by atoms with Gasteiger partial charge in [-0.25, -0.2) is 0 Å². The van der Waals surface area contributed by atoms with E-state index in [9.17, 15) is 4.79 Å². The van der Waals surface area contributed by atoms with Gasteiger partial charge < -0.3 is 5.32 Å². The van der Waals surface area contributed by atoms with Crippen LogP contribution in [0.4, 0.5) is 0 Å². The van der Waals surface area contributed by atoms with Crippen molar-refractivity contribution in [2.24, 2.45) is 5.92 Å². The number of hydrogen-bond acceptors (Lipinski definition) is 2. The van der Waals surface area contributed by atoms with E-state index in [1.165, 1.54) is 0 Å². The Kier molecular flexibility index (Phi) is 4.93. The van der Waals surface area contributed by atoms with Crippen LogP contribution in [0.5, 0.6) is 0 Å². The lowest BCUT2D eigenvalue weighted by atomic mass is 10.1. The van der Waals surface area contributed by atoms with Gasteiger partial charge in [0.2, 0.25) is 0 Å². The van der Waals surface area contributed by atoms with Crippen molar-refractivity contribution in [1.29, 1.82) is 0 Å². The van der Waals surface area contributed by atoms with E-state index in [4.69, 9.17) is 0 Å². The number of aryl methyl sites for hydroxylation is 1. The highest BCUT2D eigenvalue weighted by Gasteiger charge is 2.13. The van der Waals surface area contributed by atoms with Gasteiger partial charge in [-0.2, -0.15) is 0 Å². The third-order valence-electron chi connectivity index (χ3n) is 2.43. The first-order valence-electron chi connectivity index (χ1n) is 5.36. The largest absolute Gasteiger partial charge is 0.351 e. The van der Waals surface area contributed by atoms with Crippen LogP contribution in [0.15, 0.2) is 18.3 Å². The standard InChI is InChI=1S/C12H17BrN2O/c1-8(2)11(13)7-15-12(16)10-5-4-6-14-9(10)3/h4-6,8,11H,7H2,1-3H3,(H,15,16). The van der Waals surface area contributed by atoms with Crippen molar-refractivity contribution in [3.63, 3.8) is 0 Å². The molecule has 16 heavy (non-hydrogen) atoms. The molecule has 1 heterocycles. The monoisotopic (exact) mass is 284 g/mol. The fourth-order valence-electron chi connectivity index (χ4n) is 1.25. The van der Waals surface area contributed by atoms with Crippen molar-refractivity contribution < 1.29 is 4.79 Å². The zero-order valence-electron chi connectivity index (χ0n) is 9.83. The molecule has 1 amide bonds. The predicted octanol–water partition coefficient (Wildman–Crippen LogP) is 2.54. The number of alkyl halides is 1. The lowest BCUT2D eigenvalue weighted by Crippen LogP contribution is -2.32. The van der Waals surface area contributed by atoms with Crippen molar-refractivity contribution in [3.8, 4) is 0 Å². The van der Waals surface area contributed by atoms with Crippen LogP contribution in [-0.4, -0.2) is 22.3 Å². The Bertz CT molecular complexity index is 366. The number of carbonyl (C=O) groups is 1. The van der Waals surface area contributed by atoms with Crippen molar-refractivity contribution >= 4 is 21.8 Å². The average molecular weight is 285 g/mol. The number of hydrogen-bond donors (Lipinski definition) is 1. The smallest absolute Gasteiger partial charge is 0.253 e. The van der Waals surface area contributed by atoms with Gasteiger partial charge in [0.25, 0.3) is 5.91 Å². The number of carbonyl (C=O) groups excluding carboxylic acids is 1. The highest BCUT2D eigenvalue weighted by molar-refractivity contribution is 9.09. The summed E-state index contributed by atoms with van der Waals surface area (Å²) in [6.45, 7) is 6.69. The van der Waals surface area contributed by atoms with E-state index in [1.807, 2.05) is 6.92 Å². The van der Waals surface area contributed by atoms with Gasteiger partial charge in [0.05, 0.1) is 5.56 Å². The summed E-state index contributed by atoms with van der Waals surface area (Å²) in [6, 6.07) is 3.56. The van der Waals surface area contributed by atoms with Gasteiger partial charge in [-0.15, -0.1) is 0 Å². The summed E-state index contributed by atoms with van der Waals surface area (Å²) in [5, 5.41) is 2.90. The second-order valence-electron chi connectivity index (χ2n) is 4.11. The summed E-state index contributed by atoms with van der Waals surface area (Å²) >= 11 is 3.53. The zero-order chi connectivity index (χ0) is 12.1. The van der Waals surface area contributed by atoms with Crippen LogP contribution in [-0.2, 0) is 0 Å². The number of rotatable bonds is 4. The number of pyridine rings is 1. The van der Waals surface area contributed by atoms with Gasteiger partial charge in [-0.1, -0.05) is 29.8 Å². The minimum atomic E-state index is -0.0595. The summed E-state index contributed by atoms with van der Waals surface area (Å²) in [5.74, 6) is 0.436. The minimum absolute atomic E-state index is 0.0595. The lowest BCUT2D eigenvalue weighted by molar-refractivity contribution is 0.0952. The lowest BCUT2D eigenvalue weighted by Gasteiger charge is -2.14. The zero-order valence-corrected chi connectivity index (χ0v) is 11.4. The molecular weight excluding hydrogens is 268 g/mol. The fourth-order valence-corrected chi connectivity index (χ4v) is 1.41. The second-order valence-corrected chi connectivity index (χ2v) is 5.28. The maximum Gasteiger partial charge on any atom is 0.253 e. The van der Waals surface area contributed by atoms with Crippen molar-refractivity contribution in [1.82, 2.24) is 10.3 Å². The molecule has 1 unspecified atom stereocenters. The molecule has 1 N–H and O–H groups in total. The first-order chi connectivity index (χ1) is 7.52. The molecule has 1 atom stereocenters. The quantitative estimate of drug-likeness (QED) is 0.864. The Labute approximate surface area is 105 Å². The molecule has 1 rings (SSSR count). The summed E-state index contributed by atoms with van der Waals surface area (Å²) in [5.41, 5.74) is 1.40. The number of aromatic nitrogens is 1. The molecule has 0 spiro atoms. The highest BCUT2D eigenvalue weighted by Crippen LogP contribution is 2.11. The van der Waals surface area contributed by atoms with E-state index in [0.29, 0.717) is 22.9 Å². The van der Waals surface area contributed by atoms with Gasteiger partial charge in [0.15, 0.2) is 0 Å². The van der Waals surface area contributed by atoms with E-state index in [2.05, 4.69) is 40.1 Å². The van der Waals surface area contributed by atoms with Gasteiger partial charge in [-0.05, 0) is 25.0 Å². The molecule has 3 nitrogen and oxygen atoms in total. The molecule has 1 aromatic heterocycles. The number of nitrogens with zero attached hydrogens (tertiary/aromatic N) is 1. The van der Waals surface area contributed by atoms with Crippen LogP contribution in [0.3, 0.4) is 0 Å². The van der Waals surface area contributed by atoms with Crippen LogP contribution < -0.4 is 5.32 Å². The van der Waals surface area contributed by atoms with Crippen molar-refractivity contribution in [2.45, 2.75) is 25.6 Å². The van der Waals surface area contributed by atoms with Gasteiger partial charge >= 0.3 is 0 Å². The van der Waals surface area contributed by atoms with E-state index < -0.39 is 0 Å². The molecule has 0 aliphatic rings. The van der Waals surface area contributed by atoms with Crippen LogP contribution in [0.25, 0.3) is 0 Å². The number of nitrogens with one attached hydrogen (secondary N) is 1. The molecule has 1 aromatic rings. The summed E-state index contributed by atoms with van der Waals surface area (Å²) < 4.78 is 0. The first-order valence-corrected chi connectivity index (χ1v) is 6.28. The Hall–Kier alpha value is -0.900. The van der Waals surface area contributed by atoms with Crippen molar-refractivity contribution in [2.75, 3.05) is 6.54 Å². The van der Waals surface area contributed by atoms with E-state index in [-0.39, 0.29) is 5.91 Å². The van der Waals surface area contributed by atoms with Crippen molar-refractivity contribution in [3.05, 3.63) is 29.6 Å². The number of halogens is 1. The van der Waals surface area contributed by atoms with Crippen LogP contribution in [0.2, 0.25) is 0 Å². The number of amides is 1. The molecule has 0 bridgehead atoms. The SMILES string of the molecule is Cc1ncccc1C(=O)NCC(Br)C(C)C. The molecule has 0 aliphatic carbocycles. The second kappa shape index (κ2) is 5.99. The third kappa shape index (κ3) is 3.59. The summed E-state index contributed by atoms with van der Waals surface area (Å²) in [7, 11) is 0. The van der Waals surface area contributed by atoms with E-state index in [1.54, 1.807) is 18.3 Å². The van der Waals surface area contributed by atoms with Gasteiger partial charge in [-0.3, -0.25) is 9.78 Å². The minimum Gasteiger partial charge on any atom is -0.351 e. The Morgan fingerprint density at radius 3 is 2.81 bits per heavy atom. The molecular formula is C12H17BrN2O. The highest BCUT2D eigenvalue weighted by atomic mass is 79.9. The molecule has 4 heteroatoms. The molecule has 0 saturated heterocycles. The maximum absolute atomic E-state index is 11.8. The molecule has 0 radical (unpaired) electrons.